The van der Waals surface area contributed by atoms with E-state index in [2.05, 4.69) is 11.6 Å². The highest BCUT2D eigenvalue weighted by molar-refractivity contribution is 7.89. The van der Waals surface area contributed by atoms with E-state index < -0.39 is 72.2 Å². The van der Waals surface area contributed by atoms with Crippen molar-refractivity contribution in [3.63, 3.8) is 0 Å². The summed E-state index contributed by atoms with van der Waals surface area (Å²) in [5.41, 5.74) is 0.713. The van der Waals surface area contributed by atoms with Crippen LogP contribution in [0, 0.1) is 6.92 Å². The highest BCUT2D eigenvalue weighted by Gasteiger charge is 2.44. The first-order valence-electron chi connectivity index (χ1n) is 15.9. The largest absolute Gasteiger partial charge is 0.394 e. The maximum absolute atomic E-state index is 13.2. The summed E-state index contributed by atoms with van der Waals surface area (Å²) in [4.78, 5) is -0.0343. The number of unbranched alkanes of at least 4 members (excludes halogenated alkanes) is 11. The third-order valence-corrected chi connectivity index (χ3v) is 9.54. The molecule has 1 fully saturated rings. The van der Waals surface area contributed by atoms with Gasteiger partial charge in [0.1, 0.15) is 24.4 Å². The molecular weight excluding hydrogens is 578 g/mol. The van der Waals surface area contributed by atoms with E-state index in [9.17, 15) is 39.1 Å². The minimum absolute atomic E-state index is 0.0343. The van der Waals surface area contributed by atoms with Gasteiger partial charge in [-0.15, -0.1) is 0 Å². The van der Waals surface area contributed by atoms with Crippen LogP contribution < -0.4 is 4.72 Å². The van der Waals surface area contributed by atoms with Crippen LogP contribution in [0.3, 0.4) is 0 Å². The van der Waals surface area contributed by atoms with E-state index in [1.807, 2.05) is 0 Å². The first kappa shape index (κ1) is 38.0. The summed E-state index contributed by atoms with van der Waals surface area (Å²) >= 11 is 0. The van der Waals surface area contributed by atoms with Gasteiger partial charge in [0.25, 0.3) is 0 Å². The first-order valence-corrected chi connectivity index (χ1v) is 17.4. The Kier molecular flexibility index (Phi) is 17.7. The summed E-state index contributed by atoms with van der Waals surface area (Å²) in [6.07, 6.45) is 3.54. The lowest BCUT2D eigenvalue weighted by molar-refractivity contribution is -0.303. The van der Waals surface area contributed by atoms with Gasteiger partial charge in [-0.25, -0.2) is 13.1 Å². The van der Waals surface area contributed by atoms with Gasteiger partial charge in [-0.1, -0.05) is 96.1 Å². The molecule has 0 amide bonds. The molecule has 0 aliphatic carbocycles. The number of hydrogen-bond donors (Lipinski definition) is 7. The van der Waals surface area contributed by atoms with Crippen molar-refractivity contribution >= 4 is 10.0 Å². The fourth-order valence-corrected chi connectivity index (χ4v) is 6.63. The van der Waals surface area contributed by atoms with Crippen molar-refractivity contribution in [2.75, 3.05) is 13.2 Å². The average molecular weight is 634 g/mol. The number of aliphatic hydroxyl groups excluding tert-OH is 6. The lowest BCUT2D eigenvalue weighted by Gasteiger charge is -2.40. The quantitative estimate of drug-likeness (QED) is 0.0934. The topological polar surface area (TPSA) is 186 Å². The normalized spacial score (nSPS) is 25.0. The molecular formula is C31H55NO10S. The van der Waals surface area contributed by atoms with Crippen LogP contribution in [0.2, 0.25) is 0 Å². The van der Waals surface area contributed by atoms with Crippen LogP contribution in [0.15, 0.2) is 29.2 Å². The molecule has 12 heteroatoms. The number of nitrogens with one attached hydrogen (secondary N) is 1. The Labute approximate surface area is 257 Å². The number of ether oxygens (including phenoxy) is 2. The second-order valence-corrected chi connectivity index (χ2v) is 13.5. The Hall–Kier alpha value is -1.19. The Morgan fingerprint density at radius 1 is 0.884 bits per heavy atom. The van der Waals surface area contributed by atoms with Crippen LogP contribution in [-0.4, -0.2) is 101 Å². The van der Waals surface area contributed by atoms with E-state index in [1.54, 1.807) is 19.1 Å². The third-order valence-electron chi connectivity index (χ3n) is 8.05. The summed E-state index contributed by atoms with van der Waals surface area (Å²) in [7, 11) is -4.14. The monoisotopic (exact) mass is 633 g/mol. The Morgan fingerprint density at radius 3 is 2.02 bits per heavy atom. The summed E-state index contributed by atoms with van der Waals surface area (Å²) in [6, 6.07) is 4.85. The molecule has 2 rings (SSSR count). The Morgan fingerprint density at radius 2 is 1.47 bits per heavy atom. The van der Waals surface area contributed by atoms with Crippen molar-refractivity contribution in [1.29, 1.82) is 0 Å². The van der Waals surface area contributed by atoms with Gasteiger partial charge in [-0.05, 0) is 31.0 Å². The van der Waals surface area contributed by atoms with E-state index in [0.29, 0.717) is 12.0 Å². The fourth-order valence-electron chi connectivity index (χ4n) is 5.29. The van der Waals surface area contributed by atoms with Gasteiger partial charge in [0.05, 0.1) is 36.4 Å². The molecule has 0 spiro atoms. The molecule has 0 saturated carbocycles. The standard InChI is InChI=1S/C31H55NO10S/c1-3-4-5-6-7-8-9-10-11-12-13-14-18-25(34)27(35)24(32-43(39,40)23-17-15-16-22(2)19-23)21-41-31-30(38)29(37)28(36)26(20-33)42-31/h15-17,19,24-38H,3-14,18,20-21H2,1-2H3/t24-,25+,26+,27-,28-,29-,30+,31-/m0/s1. The first-order chi connectivity index (χ1) is 20.5. The second kappa shape index (κ2) is 20.0. The molecule has 0 aromatic heterocycles. The number of benzene rings is 1. The van der Waals surface area contributed by atoms with Crippen LogP contribution in [0.5, 0.6) is 0 Å². The maximum Gasteiger partial charge on any atom is 0.240 e. The molecule has 250 valence electrons. The van der Waals surface area contributed by atoms with Gasteiger partial charge in [-0.3, -0.25) is 0 Å². The number of aliphatic hydroxyl groups is 6. The Balaban J connectivity index is 1.92. The second-order valence-electron chi connectivity index (χ2n) is 11.8. The molecule has 1 aliphatic heterocycles. The smallest absolute Gasteiger partial charge is 0.240 e. The van der Waals surface area contributed by atoms with Gasteiger partial charge in [-0.2, -0.15) is 0 Å². The summed E-state index contributed by atoms with van der Waals surface area (Å²) in [5, 5.41) is 61.6. The van der Waals surface area contributed by atoms with Crippen LogP contribution in [-0.2, 0) is 19.5 Å². The number of hydrogen-bond acceptors (Lipinski definition) is 10. The summed E-state index contributed by atoms with van der Waals surface area (Å²) in [5.74, 6) is 0. The van der Waals surface area contributed by atoms with Crippen molar-refractivity contribution < 1.29 is 48.5 Å². The molecule has 1 saturated heterocycles. The number of sulfonamides is 1. The molecule has 1 aliphatic rings. The minimum atomic E-state index is -4.14. The van der Waals surface area contributed by atoms with Gasteiger partial charge < -0.3 is 40.1 Å². The van der Waals surface area contributed by atoms with E-state index >= 15 is 0 Å². The lowest BCUT2D eigenvalue weighted by atomic mass is 9.99. The molecule has 0 radical (unpaired) electrons. The molecule has 1 aromatic carbocycles. The van der Waals surface area contributed by atoms with Crippen LogP contribution in [0.4, 0.5) is 0 Å². The average Bonchev–Trinajstić information content (AvgIpc) is 2.98. The van der Waals surface area contributed by atoms with Crippen molar-refractivity contribution in [2.45, 2.75) is 151 Å². The highest BCUT2D eigenvalue weighted by Crippen LogP contribution is 2.23. The summed E-state index contributed by atoms with van der Waals surface area (Å²) in [6.45, 7) is 2.76. The van der Waals surface area contributed by atoms with Crippen LogP contribution >= 0.6 is 0 Å². The predicted octanol–water partition coefficient (Wildman–Crippen LogP) is 2.27. The van der Waals surface area contributed by atoms with Gasteiger partial charge >= 0.3 is 0 Å². The van der Waals surface area contributed by atoms with Crippen LogP contribution in [0.25, 0.3) is 0 Å². The van der Waals surface area contributed by atoms with E-state index in [4.69, 9.17) is 9.47 Å². The van der Waals surface area contributed by atoms with Crippen molar-refractivity contribution in [2.24, 2.45) is 0 Å². The van der Waals surface area contributed by atoms with Crippen molar-refractivity contribution in [3.8, 4) is 0 Å². The van der Waals surface area contributed by atoms with Gasteiger partial charge in [0.2, 0.25) is 10.0 Å². The zero-order chi connectivity index (χ0) is 31.8. The molecule has 1 heterocycles. The predicted molar refractivity (Wildman–Crippen MR) is 163 cm³/mol. The Bertz CT molecular complexity index is 995. The molecule has 1 aromatic rings. The van der Waals surface area contributed by atoms with Gasteiger partial charge in [0, 0.05) is 0 Å². The molecule has 7 N–H and O–H groups in total. The highest BCUT2D eigenvalue weighted by atomic mass is 32.2. The third kappa shape index (κ3) is 13.0. The van der Waals surface area contributed by atoms with Crippen molar-refractivity contribution in [1.82, 2.24) is 4.72 Å². The van der Waals surface area contributed by atoms with E-state index in [0.717, 1.165) is 19.3 Å². The zero-order valence-electron chi connectivity index (χ0n) is 25.8. The van der Waals surface area contributed by atoms with E-state index in [1.165, 1.54) is 63.5 Å². The fraction of sp³-hybridized carbons (Fsp3) is 0.806. The molecule has 43 heavy (non-hydrogen) atoms. The van der Waals surface area contributed by atoms with E-state index in [-0.39, 0.29) is 11.3 Å². The van der Waals surface area contributed by atoms with Crippen molar-refractivity contribution in [3.05, 3.63) is 29.8 Å². The summed E-state index contributed by atoms with van der Waals surface area (Å²) < 4.78 is 39.6. The molecule has 11 nitrogen and oxygen atoms in total. The zero-order valence-corrected chi connectivity index (χ0v) is 26.6. The lowest BCUT2D eigenvalue weighted by Crippen LogP contribution is -2.60. The minimum Gasteiger partial charge on any atom is -0.394 e. The van der Waals surface area contributed by atoms with Crippen LogP contribution in [0.1, 0.15) is 96.0 Å². The SMILES string of the molecule is CCCCCCCCCCCCCC[C@@H](O)[C@@H](O)[C@H](CO[C@H]1O[C@H](CO)[C@H](O)[C@H](O)[C@H]1O)NS(=O)(=O)c1cccc(C)c1. The molecule has 8 atom stereocenters. The molecule has 0 unspecified atom stereocenters. The molecule has 0 bridgehead atoms. The number of rotatable bonds is 22. The number of aryl methyl sites for hydroxylation is 1. The van der Waals surface area contributed by atoms with Gasteiger partial charge in [0.15, 0.2) is 6.29 Å². The maximum atomic E-state index is 13.2.